The standard InChI is InChI=1S/C15H13ClN4OS/c16-14-12(6-17)15(22-20-14)19-10(8-21)5-9-7-18-13-4-2-1-3-11(9)13/h1-4,7,10,18-19,21H,5,8H2/t10-/m0/s1. The van der Waals surface area contributed by atoms with E-state index in [1.165, 1.54) is 0 Å². The Bertz CT molecular complexity index is 836. The molecule has 3 rings (SSSR count). The molecule has 5 nitrogen and oxygen atoms in total. The van der Waals surface area contributed by atoms with Crippen LogP contribution in [-0.2, 0) is 6.42 Å². The van der Waals surface area contributed by atoms with Gasteiger partial charge in [-0.15, -0.1) is 0 Å². The van der Waals surface area contributed by atoms with Crippen molar-refractivity contribution in [1.82, 2.24) is 9.36 Å². The fourth-order valence-electron chi connectivity index (χ4n) is 2.38. The number of hydrogen-bond acceptors (Lipinski definition) is 5. The van der Waals surface area contributed by atoms with Crippen molar-refractivity contribution < 1.29 is 5.11 Å². The number of aliphatic hydroxyl groups excluding tert-OH is 1. The van der Waals surface area contributed by atoms with Gasteiger partial charge in [-0.3, -0.25) is 0 Å². The molecule has 2 aromatic heterocycles. The summed E-state index contributed by atoms with van der Waals surface area (Å²) < 4.78 is 3.96. The largest absolute Gasteiger partial charge is 0.394 e. The van der Waals surface area contributed by atoms with Crippen LogP contribution in [0, 0.1) is 11.3 Å². The first kappa shape index (κ1) is 14.9. The van der Waals surface area contributed by atoms with Gasteiger partial charge in [0.15, 0.2) is 5.15 Å². The van der Waals surface area contributed by atoms with Gasteiger partial charge < -0.3 is 15.4 Å². The molecule has 1 atom stereocenters. The van der Waals surface area contributed by atoms with Crippen LogP contribution in [0.25, 0.3) is 10.9 Å². The quantitative estimate of drug-likeness (QED) is 0.670. The fraction of sp³-hybridized carbons (Fsp3) is 0.200. The minimum Gasteiger partial charge on any atom is -0.394 e. The van der Waals surface area contributed by atoms with Crippen LogP contribution in [0.5, 0.6) is 0 Å². The molecule has 3 aromatic rings. The van der Waals surface area contributed by atoms with E-state index in [4.69, 9.17) is 16.9 Å². The molecule has 0 aliphatic heterocycles. The van der Waals surface area contributed by atoms with E-state index in [2.05, 4.69) is 14.7 Å². The Morgan fingerprint density at radius 3 is 3.05 bits per heavy atom. The summed E-state index contributed by atoms with van der Waals surface area (Å²) >= 11 is 6.99. The predicted octanol–water partition coefficient (Wildman–Crippen LogP) is 3.16. The zero-order valence-corrected chi connectivity index (χ0v) is 13.1. The van der Waals surface area contributed by atoms with Gasteiger partial charge in [-0.05, 0) is 29.6 Å². The Labute approximate surface area is 136 Å². The molecule has 0 amide bonds. The molecule has 0 spiro atoms. The zero-order chi connectivity index (χ0) is 15.5. The van der Waals surface area contributed by atoms with Gasteiger partial charge in [-0.1, -0.05) is 29.8 Å². The summed E-state index contributed by atoms with van der Waals surface area (Å²) in [6, 6.07) is 9.82. The normalized spacial score (nSPS) is 12.2. The van der Waals surface area contributed by atoms with Crippen LogP contribution in [0.3, 0.4) is 0 Å². The highest BCUT2D eigenvalue weighted by Gasteiger charge is 2.17. The molecule has 0 aliphatic rings. The van der Waals surface area contributed by atoms with Gasteiger partial charge in [0.1, 0.15) is 16.6 Å². The van der Waals surface area contributed by atoms with Gasteiger partial charge in [-0.25, -0.2) is 0 Å². The van der Waals surface area contributed by atoms with Crippen molar-refractivity contribution in [1.29, 1.82) is 5.26 Å². The number of para-hydroxylation sites is 1. The lowest BCUT2D eigenvalue weighted by Gasteiger charge is -2.15. The van der Waals surface area contributed by atoms with E-state index in [-0.39, 0.29) is 17.8 Å². The van der Waals surface area contributed by atoms with Crippen molar-refractivity contribution in [2.75, 3.05) is 11.9 Å². The average Bonchev–Trinajstić information content (AvgIpc) is 3.10. The third-order valence-electron chi connectivity index (χ3n) is 3.46. The van der Waals surface area contributed by atoms with Gasteiger partial charge in [0, 0.05) is 17.1 Å². The summed E-state index contributed by atoms with van der Waals surface area (Å²) in [5, 5.41) is 23.8. The molecule has 0 fully saturated rings. The first-order valence-electron chi connectivity index (χ1n) is 6.70. The molecule has 112 valence electrons. The Hall–Kier alpha value is -2.07. The van der Waals surface area contributed by atoms with E-state index in [0.717, 1.165) is 28.0 Å². The molecule has 3 N–H and O–H groups in total. The molecule has 0 radical (unpaired) electrons. The number of anilines is 1. The van der Waals surface area contributed by atoms with Gasteiger partial charge in [-0.2, -0.15) is 9.64 Å². The summed E-state index contributed by atoms with van der Waals surface area (Å²) in [5.41, 5.74) is 2.49. The second-order valence-electron chi connectivity index (χ2n) is 4.88. The number of nitrogens with one attached hydrogen (secondary N) is 2. The number of benzene rings is 1. The number of nitrogens with zero attached hydrogens (tertiary/aromatic N) is 2. The molecule has 1 aromatic carbocycles. The minimum atomic E-state index is -0.220. The van der Waals surface area contributed by atoms with Crippen molar-refractivity contribution in [2.24, 2.45) is 0 Å². The number of rotatable bonds is 5. The Morgan fingerprint density at radius 1 is 1.45 bits per heavy atom. The second-order valence-corrected chi connectivity index (χ2v) is 6.01. The van der Waals surface area contributed by atoms with Gasteiger partial charge in [0.2, 0.25) is 0 Å². The number of aromatic nitrogens is 2. The van der Waals surface area contributed by atoms with E-state index in [1.807, 2.05) is 36.5 Å². The SMILES string of the molecule is N#Cc1c(Cl)nsc1N[C@H](CO)Cc1c[nH]c2ccccc12. The molecule has 0 saturated heterocycles. The van der Waals surface area contributed by atoms with E-state index < -0.39 is 0 Å². The van der Waals surface area contributed by atoms with E-state index >= 15 is 0 Å². The first-order chi connectivity index (χ1) is 10.7. The summed E-state index contributed by atoms with van der Waals surface area (Å²) in [5.74, 6) is 0. The van der Waals surface area contributed by atoms with E-state index in [0.29, 0.717) is 17.0 Å². The van der Waals surface area contributed by atoms with Crippen molar-refractivity contribution in [3.05, 3.63) is 46.7 Å². The third-order valence-corrected chi connectivity index (χ3v) is 4.61. The van der Waals surface area contributed by atoms with Crippen LogP contribution in [0.4, 0.5) is 5.00 Å². The van der Waals surface area contributed by atoms with Crippen molar-refractivity contribution in [3.63, 3.8) is 0 Å². The van der Waals surface area contributed by atoms with Gasteiger partial charge in [0.05, 0.1) is 12.6 Å². The summed E-state index contributed by atoms with van der Waals surface area (Å²) in [7, 11) is 0. The molecule has 0 aliphatic carbocycles. The maximum Gasteiger partial charge on any atom is 0.162 e. The molecule has 0 unspecified atom stereocenters. The van der Waals surface area contributed by atoms with Gasteiger partial charge in [0.25, 0.3) is 0 Å². The lowest BCUT2D eigenvalue weighted by atomic mass is 10.1. The molecule has 0 bridgehead atoms. The van der Waals surface area contributed by atoms with E-state index in [1.54, 1.807) is 0 Å². The highest BCUT2D eigenvalue weighted by atomic mass is 35.5. The topological polar surface area (TPSA) is 84.7 Å². The van der Waals surface area contributed by atoms with Crippen molar-refractivity contribution in [3.8, 4) is 6.07 Å². The van der Waals surface area contributed by atoms with Crippen LogP contribution in [0.2, 0.25) is 5.15 Å². The molecular formula is C15H13ClN4OS. The van der Waals surface area contributed by atoms with Crippen LogP contribution in [-0.4, -0.2) is 27.1 Å². The van der Waals surface area contributed by atoms with Crippen LogP contribution in [0.15, 0.2) is 30.5 Å². The smallest absolute Gasteiger partial charge is 0.162 e. The first-order valence-corrected chi connectivity index (χ1v) is 7.85. The molecule has 7 heteroatoms. The Balaban J connectivity index is 1.82. The lowest BCUT2D eigenvalue weighted by Crippen LogP contribution is -2.26. The average molecular weight is 333 g/mol. The Morgan fingerprint density at radius 2 is 2.27 bits per heavy atom. The highest BCUT2D eigenvalue weighted by molar-refractivity contribution is 7.10. The number of aliphatic hydroxyl groups is 1. The lowest BCUT2D eigenvalue weighted by molar-refractivity contribution is 0.274. The van der Waals surface area contributed by atoms with Crippen LogP contribution in [0.1, 0.15) is 11.1 Å². The Kier molecular flexibility index (Phi) is 4.29. The summed E-state index contributed by atoms with van der Waals surface area (Å²) in [4.78, 5) is 3.22. The maximum atomic E-state index is 9.62. The number of hydrogen-bond donors (Lipinski definition) is 3. The maximum absolute atomic E-state index is 9.62. The summed E-state index contributed by atoms with van der Waals surface area (Å²) in [6.07, 6.45) is 2.57. The van der Waals surface area contributed by atoms with Gasteiger partial charge >= 0.3 is 0 Å². The molecule has 2 heterocycles. The van der Waals surface area contributed by atoms with E-state index in [9.17, 15) is 5.11 Å². The number of H-pyrrole nitrogens is 1. The number of halogens is 1. The number of aromatic amines is 1. The number of nitriles is 1. The third kappa shape index (κ3) is 2.79. The molecule has 0 saturated carbocycles. The highest BCUT2D eigenvalue weighted by Crippen LogP contribution is 2.29. The molecule has 22 heavy (non-hydrogen) atoms. The van der Waals surface area contributed by atoms with Crippen LogP contribution < -0.4 is 5.32 Å². The van der Waals surface area contributed by atoms with Crippen molar-refractivity contribution in [2.45, 2.75) is 12.5 Å². The number of fused-ring (bicyclic) bond motifs is 1. The molecular weight excluding hydrogens is 320 g/mol. The minimum absolute atomic E-state index is 0.0557. The summed E-state index contributed by atoms with van der Waals surface area (Å²) in [6.45, 7) is -0.0557. The fourth-order valence-corrected chi connectivity index (χ4v) is 3.39. The van der Waals surface area contributed by atoms with Crippen LogP contribution >= 0.6 is 23.1 Å². The van der Waals surface area contributed by atoms with Crippen molar-refractivity contribution >= 4 is 39.0 Å². The monoisotopic (exact) mass is 332 g/mol. The second kappa shape index (κ2) is 6.36. The zero-order valence-electron chi connectivity index (χ0n) is 11.5. The predicted molar refractivity (Wildman–Crippen MR) is 88.3 cm³/mol.